The van der Waals surface area contributed by atoms with Crippen LogP contribution in [-0.4, -0.2) is 18.2 Å². The highest BCUT2D eigenvalue weighted by Gasteiger charge is 2.10. The standard InChI is InChI=1S/C12H17NO2/c1-8(2)10-5-9(3)6-11(7-10)13(4)12(14)15/h5-8H,1-4H3,(H,14,15). The summed E-state index contributed by atoms with van der Waals surface area (Å²) in [4.78, 5) is 12.1. The Balaban J connectivity index is 3.14. The molecule has 0 aliphatic carbocycles. The van der Waals surface area contributed by atoms with Gasteiger partial charge in [0, 0.05) is 12.7 Å². The van der Waals surface area contributed by atoms with E-state index in [-0.39, 0.29) is 0 Å². The number of carbonyl (C=O) groups is 1. The highest BCUT2D eigenvalue weighted by atomic mass is 16.4. The molecule has 0 radical (unpaired) electrons. The van der Waals surface area contributed by atoms with E-state index in [1.54, 1.807) is 7.05 Å². The van der Waals surface area contributed by atoms with E-state index < -0.39 is 6.09 Å². The molecule has 0 unspecified atom stereocenters. The van der Waals surface area contributed by atoms with Gasteiger partial charge in [-0.05, 0) is 36.1 Å². The number of aryl methyl sites for hydroxylation is 1. The molecule has 0 bridgehead atoms. The number of amides is 1. The first-order chi connectivity index (χ1) is 6.91. The molecule has 3 heteroatoms. The minimum Gasteiger partial charge on any atom is -0.465 e. The number of rotatable bonds is 2. The van der Waals surface area contributed by atoms with Crippen LogP contribution in [0.1, 0.15) is 30.9 Å². The van der Waals surface area contributed by atoms with Gasteiger partial charge in [-0.1, -0.05) is 19.9 Å². The minimum absolute atomic E-state index is 0.408. The molecule has 1 rings (SSSR count). The lowest BCUT2D eigenvalue weighted by Crippen LogP contribution is -2.23. The molecule has 3 nitrogen and oxygen atoms in total. The van der Waals surface area contributed by atoms with Crippen molar-refractivity contribution in [2.75, 3.05) is 11.9 Å². The van der Waals surface area contributed by atoms with E-state index in [1.807, 2.05) is 19.1 Å². The number of benzene rings is 1. The van der Waals surface area contributed by atoms with Gasteiger partial charge in [0.05, 0.1) is 0 Å². The van der Waals surface area contributed by atoms with Gasteiger partial charge in [-0.2, -0.15) is 0 Å². The van der Waals surface area contributed by atoms with E-state index in [4.69, 9.17) is 5.11 Å². The minimum atomic E-state index is -0.935. The molecule has 0 aromatic heterocycles. The molecule has 1 aromatic carbocycles. The Labute approximate surface area is 90.3 Å². The molecule has 0 atom stereocenters. The molecule has 0 saturated heterocycles. The first-order valence-electron chi connectivity index (χ1n) is 5.00. The largest absolute Gasteiger partial charge is 0.465 e. The molecule has 0 spiro atoms. The van der Waals surface area contributed by atoms with Crippen LogP contribution in [0.5, 0.6) is 0 Å². The lowest BCUT2D eigenvalue weighted by molar-refractivity contribution is 0.203. The van der Waals surface area contributed by atoms with E-state index in [1.165, 1.54) is 4.90 Å². The number of nitrogens with zero attached hydrogens (tertiary/aromatic N) is 1. The number of hydrogen-bond acceptors (Lipinski definition) is 1. The maximum absolute atomic E-state index is 10.8. The van der Waals surface area contributed by atoms with E-state index in [0.717, 1.165) is 16.8 Å². The van der Waals surface area contributed by atoms with E-state index >= 15 is 0 Å². The van der Waals surface area contributed by atoms with Crippen molar-refractivity contribution in [2.45, 2.75) is 26.7 Å². The topological polar surface area (TPSA) is 40.5 Å². The van der Waals surface area contributed by atoms with Crippen molar-refractivity contribution in [3.05, 3.63) is 29.3 Å². The lowest BCUT2D eigenvalue weighted by Gasteiger charge is -2.16. The Bertz CT molecular complexity index is 372. The molecule has 0 aliphatic rings. The van der Waals surface area contributed by atoms with Gasteiger partial charge in [0.2, 0.25) is 0 Å². The van der Waals surface area contributed by atoms with Gasteiger partial charge < -0.3 is 5.11 Å². The van der Waals surface area contributed by atoms with E-state index in [2.05, 4.69) is 19.9 Å². The average molecular weight is 207 g/mol. The third kappa shape index (κ3) is 2.72. The number of carboxylic acid groups (broad SMARTS) is 1. The van der Waals surface area contributed by atoms with Crippen LogP contribution in [0, 0.1) is 6.92 Å². The van der Waals surface area contributed by atoms with Gasteiger partial charge in [0.15, 0.2) is 0 Å². The summed E-state index contributed by atoms with van der Waals surface area (Å²) in [6.45, 7) is 6.17. The Morgan fingerprint density at radius 1 is 1.33 bits per heavy atom. The van der Waals surface area contributed by atoms with Gasteiger partial charge in [0.1, 0.15) is 0 Å². The maximum atomic E-state index is 10.8. The Kier molecular flexibility index (Phi) is 3.35. The zero-order valence-corrected chi connectivity index (χ0v) is 9.61. The highest BCUT2D eigenvalue weighted by Crippen LogP contribution is 2.23. The molecule has 1 amide bonds. The first-order valence-corrected chi connectivity index (χ1v) is 5.00. The maximum Gasteiger partial charge on any atom is 0.411 e. The fraction of sp³-hybridized carbons (Fsp3) is 0.417. The SMILES string of the molecule is Cc1cc(C(C)C)cc(N(C)C(=O)O)c1. The van der Waals surface area contributed by atoms with Crippen molar-refractivity contribution in [2.24, 2.45) is 0 Å². The molecular formula is C12H17NO2. The van der Waals surface area contributed by atoms with Crippen LogP contribution in [0.25, 0.3) is 0 Å². The smallest absolute Gasteiger partial charge is 0.411 e. The first kappa shape index (κ1) is 11.6. The van der Waals surface area contributed by atoms with Crippen LogP contribution in [0.15, 0.2) is 18.2 Å². The van der Waals surface area contributed by atoms with Crippen LogP contribution in [0.2, 0.25) is 0 Å². The predicted molar refractivity (Wildman–Crippen MR) is 61.7 cm³/mol. The third-order valence-corrected chi connectivity index (χ3v) is 2.43. The number of anilines is 1. The van der Waals surface area contributed by atoms with Gasteiger partial charge in [-0.25, -0.2) is 4.79 Å². The second kappa shape index (κ2) is 4.34. The van der Waals surface area contributed by atoms with Crippen LogP contribution >= 0.6 is 0 Å². The van der Waals surface area contributed by atoms with Crippen molar-refractivity contribution >= 4 is 11.8 Å². The van der Waals surface area contributed by atoms with Crippen LogP contribution < -0.4 is 4.90 Å². The summed E-state index contributed by atoms with van der Waals surface area (Å²) in [5.41, 5.74) is 2.98. The molecule has 1 aromatic rings. The van der Waals surface area contributed by atoms with Crippen molar-refractivity contribution in [1.29, 1.82) is 0 Å². The molecule has 0 aliphatic heterocycles. The second-order valence-electron chi connectivity index (χ2n) is 4.10. The van der Waals surface area contributed by atoms with Crippen molar-refractivity contribution in [1.82, 2.24) is 0 Å². The fourth-order valence-electron chi connectivity index (χ4n) is 1.43. The Hall–Kier alpha value is -1.51. The normalized spacial score (nSPS) is 10.5. The summed E-state index contributed by atoms with van der Waals surface area (Å²) in [5, 5.41) is 8.88. The summed E-state index contributed by atoms with van der Waals surface area (Å²) in [5.74, 6) is 0.408. The van der Waals surface area contributed by atoms with Gasteiger partial charge in [-0.3, -0.25) is 4.90 Å². The summed E-state index contributed by atoms with van der Waals surface area (Å²) in [7, 11) is 1.56. The van der Waals surface area contributed by atoms with Crippen molar-refractivity contribution in [3.8, 4) is 0 Å². The van der Waals surface area contributed by atoms with Gasteiger partial charge in [-0.15, -0.1) is 0 Å². The Morgan fingerprint density at radius 2 is 1.93 bits per heavy atom. The van der Waals surface area contributed by atoms with Crippen molar-refractivity contribution in [3.63, 3.8) is 0 Å². The molecule has 0 fully saturated rings. The molecule has 0 saturated carbocycles. The average Bonchev–Trinajstić information content (AvgIpc) is 2.15. The predicted octanol–water partition coefficient (Wildman–Crippen LogP) is 3.23. The Morgan fingerprint density at radius 3 is 2.40 bits per heavy atom. The lowest BCUT2D eigenvalue weighted by atomic mass is 10.00. The van der Waals surface area contributed by atoms with Crippen LogP contribution in [0.3, 0.4) is 0 Å². The quantitative estimate of drug-likeness (QED) is 0.808. The molecule has 0 heterocycles. The van der Waals surface area contributed by atoms with Gasteiger partial charge >= 0.3 is 6.09 Å². The number of hydrogen-bond donors (Lipinski definition) is 1. The zero-order chi connectivity index (χ0) is 11.6. The summed E-state index contributed by atoms with van der Waals surface area (Å²) in [6, 6.07) is 5.88. The molecular weight excluding hydrogens is 190 g/mol. The summed E-state index contributed by atoms with van der Waals surface area (Å²) < 4.78 is 0. The van der Waals surface area contributed by atoms with Crippen LogP contribution in [0.4, 0.5) is 10.5 Å². The zero-order valence-electron chi connectivity index (χ0n) is 9.61. The van der Waals surface area contributed by atoms with E-state index in [9.17, 15) is 4.79 Å². The third-order valence-electron chi connectivity index (χ3n) is 2.43. The summed E-state index contributed by atoms with van der Waals surface area (Å²) >= 11 is 0. The molecule has 15 heavy (non-hydrogen) atoms. The van der Waals surface area contributed by atoms with Crippen LogP contribution in [-0.2, 0) is 0 Å². The van der Waals surface area contributed by atoms with Gasteiger partial charge in [0.25, 0.3) is 0 Å². The van der Waals surface area contributed by atoms with E-state index in [0.29, 0.717) is 5.92 Å². The second-order valence-corrected chi connectivity index (χ2v) is 4.10. The highest BCUT2D eigenvalue weighted by molar-refractivity contribution is 5.85. The summed E-state index contributed by atoms with van der Waals surface area (Å²) in [6.07, 6.45) is -0.935. The fourth-order valence-corrected chi connectivity index (χ4v) is 1.43. The van der Waals surface area contributed by atoms with Crippen molar-refractivity contribution < 1.29 is 9.90 Å². The molecule has 82 valence electrons. The molecule has 1 N–H and O–H groups in total. The monoisotopic (exact) mass is 207 g/mol.